The van der Waals surface area contributed by atoms with Crippen LogP contribution in [-0.2, 0) is 0 Å². The van der Waals surface area contributed by atoms with E-state index in [1.165, 1.54) is 164 Å². The topological polar surface area (TPSA) is 46.0 Å². The molecule has 0 aliphatic heterocycles. The quantitative estimate of drug-likeness (QED) is 0.142. The first-order valence-electron chi connectivity index (χ1n) is 43.3. The van der Waals surface area contributed by atoms with Crippen LogP contribution < -0.4 is 0 Å². The Morgan fingerprint density at radius 3 is 0.817 bits per heavy atom. The molecule has 6 heteroatoms. The molecule has 28 aromatic rings. The Morgan fingerprint density at radius 2 is 0.405 bits per heavy atom. The summed E-state index contributed by atoms with van der Waals surface area (Å²) < 4.78 is 23.4. The Labute approximate surface area is 721 Å². The number of nitrogens with zero attached hydrogens (tertiary/aromatic N) is 4. The molecule has 0 N–H and O–H groups in total. The van der Waals surface area contributed by atoms with Crippen LogP contribution in [0.2, 0.25) is 0 Å². The number of hydrogen-bond donors (Lipinski definition) is 0. The summed E-state index contributed by atoms with van der Waals surface area (Å²) in [5.74, 6) is 0. The van der Waals surface area contributed by atoms with Gasteiger partial charge in [0.1, 0.15) is 22.3 Å². The maximum absolute atomic E-state index is 6.83. The Morgan fingerprint density at radius 1 is 0.135 bits per heavy atom. The van der Waals surface area contributed by atoms with Crippen molar-refractivity contribution < 1.29 is 8.83 Å². The Balaban J connectivity index is 0.000000131. The zero-order chi connectivity index (χ0) is 82.3. The summed E-state index contributed by atoms with van der Waals surface area (Å²) in [5, 5.41) is 29.3. The van der Waals surface area contributed by atoms with Crippen LogP contribution in [0, 0.1) is 0 Å². The largest absolute Gasteiger partial charge is 0.455 e. The SMILES string of the molecule is c1ccc(-c2ccc(-n3c4ccc5c6ccccc6oc5c4c4ccc5c(c6ccccc6n5-c5cccc(-c6ccc7c8ccccc8c8ccccc8c7c6)c5)c43)cc2)cc1.c1ccc(-c2ccc(-n3c4ccccc4c4c3ccc3c5c6oc7ccccc7c6ccc5n(-c5cccc(-c6ccc7c8ccccc8c8ccccc8c7c6)c5)c34)cc2)cc1. The Bertz CT molecular complexity index is 9390. The fourth-order valence-electron chi connectivity index (χ4n) is 21.4. The van der Waals surface area contributed by atoms with Gasteiger partial charge in [-0.2, -0.15) is 0 Å². The number of furan rings is 2. The summed E-state index contributed by atoms with van der Waals surface area (Å²) in [6, 6.07) is 159. The number of hydrogen-bond acceptors (Lipinski definition) is 2. The van der Waals surface area contributed by atoms with Crippen molar-refractivity contribution >= 4 is 196 Å². The summed E-state index contributed by atoms with van der Waals surface area (Å²) >= 11 is 0. The summed E-state index contributed by atoms with van der Waals surface area (Å²) in [4.78, 5) is 0. The van der Waals surface area contributed by atoms with Crippen LogP contribution in [0.4, 0.5) is 0 Å². The third-order valence-electron chi connectivity index (χ3n) is 27.0. The minimum atomic E-state index is 0.899. The molecular weight excluding hydrogens is 1530 g/mol. The van der Waals surface area contributed by atoms with Crippen molar-refractivity contribution in [1.29, 1.82) is 0 Å². The van der Waals surface area contributed by atoms with E-state index in [0.29, 0.717) is 0 Å². The molecule has 126 heavy (non-hydrogen) atoms. The second-order valence-electron chi connectivity index (χ2n) is 33.6. The van der Waals surface area contributed by atoms with Gasteiger partial charge in [0.2, 0.25) is 0 Å². The van der Waals surface area contributed by atoms with Crippen LogP contribution in [0.5, 0.6) is 0 Å². The highest BCUT2D eigenvalue weighted by atomic mass is 16.3. The first-order valence-corrected chi connectivity index (χ1v) is 43.3. The number of fused-ring (bicyclic) bond motifs is 34. The van der Waals surface area contributed by atoms with Gasteiger partial charge in [0, 0.05) is 76.6 Å². The normalized spacial score (nSPS) is 12.1. The highest BCUT2D eigenvalue weighted by Gasteiger charge is 2.28. The minimum Gasteiger partial charge on any atom is -0.455 e. The summed E-state index contributed by atoms with van der Waals surface area (Å²) in [5.41, 5.74) is 26.8. The van der Waals surface area contributed by atoms with Crippen molar-refractivity contribution in [2.45, 2.75) is 0 Å². The van der Waals surface area contributed by atoms with Gasteiger partial charge in [-0.05, 0) is 243 Å². The van der Waals surface area contributed by atoms with Gasteiger partial charge < -0.3 is 27.1 Å². The molecule has 0 fully saturated rings. The minimum absolute atomic E-state index is 0.899. The molecular formula is C120H72N4O2. The van der Waals surface area contributed by atoms with Gasteiger partial charge in [-0.25, -0.2) is 0 Å². The average molecular weight is 1600 g/mol. The molecule has 6 nitrogen and oxygen atoms in total. The smallest absolute Gasteiger partial charge is 0.145 e. The van der Waals surface area contributed by atoms with E-state index >= 15 is 0 Å². The van der Waals surface area contributed by atoms with Crippen LogP contribution in [0.3, 0.4) is 0 Å². The zero-order valence-electron chi connectivity index (χ0n) is 68.2. The maximum Gasteiger partial charge on any atom is 0.145 e. The average Bonchev–Trinajstić information content (AvgIpc) is 1.52. The van der Waals surface area contributed by atoms with Crippen LogP contribution in [-0.4, -0.2) is 18.3 Å². The van der Waals surface area contributed by atoms with Crippen LogP contribution in [0.1, 0.15) is 0 Å². The summed E-state index contributed by atoms with van der Waals surface area (Å²) in [6.45, 7) is 0. The van der Waals surface area contributed by atoms with E-state index in [4.69, 9.17) is 8.83 Å². The van der Waals surface area contributed by atoms with Crippen molar-refractivity contribution in [2.75, 3.05) is 0 Å². The molecule has 0 bridgehead atoms. The van der Waals surface area contributed by atoms with Crippen LogP contribution >= 0.6 is 0 Å². The number of aromatic nitrogens is 4. The van der Waals surface area contributed by atoms with E-state index in [0.717, 1.165) is 99.5 Å². The van der Waals surface area contributed by atoms with Crippen molar-refractivity contribution in [3.05, 3.63) is 437 Å². The van der Waals surface area contributed by atoms with Gasteiger partial charge in [-0.1, -0.05) is 303 Å². The van der Waals surface area contributed by atoms with Gasteiger partial charge >= 0.3 is 0 Å². The lowest BCUT2D eigenvalue weighted by Crippen LogP contribution is -1.96. The predicted molar refractivity (Wildman–Crippen MR) is 532 cm³/mol. The lowest BCUT2D eigenvalue weighted by molar-refractivity contribution is 0.672. The molecule has 0 saturated heterocycles. The van der Waals surface area contributed by atoms with E-state index in [1.807, 2.05) is 0 Å². The van der Waals surface area contributed by atoms with Gasteiger partial charge in [0.15, 0.2) is 0 Å². The molecule has 0 radical (unpaired) electrons. The zero-order valence-corrected chi connectivity index (χ0v) is 68.2. The molecule has 0 atom stereocenters. The van der Waals surface area contributed by atoms with Gasteiger partial charge in [-0.15, -0.1) is 0 Å². The third kappa shape index (κ3) is 10.4. The van der Waals surface area contributed by atoms with Crippen LogP contribution in [0.15, 0.2) is 446 Å². The fourth-order valence-corrected chi connectivity index (χ4v) is 21.4. The monoisotopic (exact) mass is 1600 g/mol. The standard InChI is InChI=1S/2C60H36N2O/c1-2-13-37(14-3-1)38-25-28-41(29-26-38)62-55-33-31-49-48-21-9-11-24-56(48)63-60(49)58(55)51-32-34-54-57(59(51)62)50-22-8-10-23-53(50)61(54)42-16-12-15-39(35-42)40-27-30-47-45-19-5-4-17-43(45)44-18-6-7-20-46(44)52(47)36-40;1-2-13-37(14-3-1)38-25-28-41(29-26-38)61-53-23-10-8-22-50(53)57-54(61)34-32-51-58-55(33-31-49-48-21-9-11-24-56(48)63-60(49)58)62(59(51)57)42-16-12-15-39(35-42)40-27-30-47-45-19-5-4-17-43(45)44-18-6-7-20-46(44)52(47)36-40/h2*1-36H. The second kappa shape index (κ2) is 27.4. The molecule has 0 amide bonds. The Kier molecular flexibility index (Phi) is 15.2. The molecule has 0 unspecified atom stereocenters. The molecule has 28 rings (SSSR count). The maximum atomic E-state index is 6.83. The highest BCUT2D eigenvalue weighted by Crippen LogP contribution is 2.50. The molecule has 0 aliphatic rings. The molecule has 0 aliphatic carbocycles. The van der Waals surface area contributed by atoms with Gasteiger partial charge in [-0.3, -0.25) is 0 Å². The second-order valence-corrected chi connectivity index (χ2v) is 33.6. The number of rotatable bonds is 8. The summed E-state index contributed by atoms with van der Waals surface area (Å²) in [6.07, 6.45) is 0. The first kappa shape index (κ1) is 69.9. The van der Waals surface area contributed by atoms with Crippen molar-refractivity contribution in [3.8, 4) is 67.3 Å². The van der Waals surface area contributed by atoms with Crippen molar-refractivity contribution in [1.82, 2.24) is 18.3 Å². The Hall–Kier alpha value is -16.8. The first-order chi connectivity index (χ1) is 62.5. The number of para-hydroxylation sites is 4. The van der Waals surface area contributed by atoms with Crippen LogP contribution in [0.25, 0.3) is 263 Å². The molecule has 6 heterocycles. The molecule has 0 spiro atoms. The lowest BCUT2D eigenvalue weighted by atomic mass is 9.92. The predicted octanol–water partition coefficient (Wildman–Crippen LogP) is 33.1. The van der Waals surface area contributed by atoms with E-state index in [-0.39, 0.29) is 0 Å². The number of benzene rings is 22. The van der Waals surface area contributed by atoms with E-state index in [2.05, 4.69) is 455 Å². The fraction of sp³-hybridized carbons (Fsp3) is 0. The molecule has 584 valence electrons. The van der Waals surface area contributed by atoms with Gasteiger partial charge in [0.25, 0.3) is 0 Å². The third-order valence-corrected chi connectivity index (χ3v) is 27.0. The van der Waals surface area contributed by atoms with E-state index < -0.39 is 0 Å². The van der Waals surface area contributed by atoms with E-state index in [1.54, 1.807) is 0 Å². The van der Waals surface area contributed by atoms with Crippen molar-refractivity contribution in [3.63, 3.8) is 0 Å². The van der Waals surface area contributed by atoms with E-state index in [9.17, 15) is 0 Å². The van der Waals surface area contributed by atoms with Gasteiger partial charge in [0.05, 0.1) is 54.9 Å². The highest BCUT2D eigenvalue weighted by molar-refractivity contribution is 6.34. The molecule has 6 aromatic heterocycles. The molecule has 22 aromatic carbocycles. The summed E-state index contributed by atoms with van der Waals surface area (Å²) in [7, 11) is 0. The lowest BCUT2D eigenvalue weighted by Gasteiger charge is -2.14. The van der Waals surface area contributed by atoms with Crippen molar-refractivity contribution in [2.24, 2.45) is 0 Å². The molecule has 0 saturated carbocycles.